The highest BCUT2D eigenvalue weighted by atomic mass is 15.1. The van der Waals surface area contributed by atoms with Gasteiger partial charge in [0, 0.05) is 31.2 Å². The number of hydrogen-bond acceptors (Lipinski definition) is 2. The van der Waals surface area contributed by atoms with Gasteiger partial charge < -0.3 is 10.2 Å². The summed E-state index contributed by atoms with van der Waals surface area (Å²) in [6.07, 6.45) is 0.997. The van der Waals surface area contributed by atoms with Gasteiger partial charge in [-0.25, -0.2) is 0 Å². The predicted molar refractivity (Wildman–Crippen MR) is 88.4 cm³/mol. The molecule has 0 aliphatic rings. The normalized spacial score (nSPS) is 10.2. The van der Waals surface area contributed by atoms with E-state index < -0.39 is 0 Å². The zero-order valence-electron chi connectivity index (χ0n) is 12.5. The minimum absolute atomic E-state index is 0.952. The third-order valence-electron chi connectivity index (χ3n) is 3.62. The molecule has 2 heteroatoms. The van der Waals surface area contributed by atoms with Gasteiger partial charge in [0.1, 0.15) is 0 Å². The number of hydrogen-bond donors (Lipinski definition) is 1. The van der Waals surface area contributed by atoms with Gasteiger partial charge in [0.25, 0.3) is 0 Å². The third kappa shape index (κ3) is 2.85. The van der Waals surface area contributed by atoms with E-state index in [0.717, 1.165) is 17.7 Å². The van der Waals surface area contributed by atoms with E-state index in [-0.39, 0.29) is 0 Å². The number of nitrogens with one attached hydrogen (secondary N) is 1. The summed E-state index contributed by atoms with van der Waals surface area (Å²) in [4.78, 5) is 2.23. The van der Waals surface area contributed by atoms with Gasteiger partial charge in [0.05, 0.1) is 0 Å². The van der Waals surface area contributed by atoms with Crippen LogP contribution in [0.4, 0.5) is 11.4 Å². The molecule has 0 amide bonds. The lowest BCUT2D eigenvalue weighted by Gasteiger charge is -2.23. The molecule has 2 aromatic rings. The molecule has 0 atom stereocenters. The van der Waals surface area contributed by atoms with E-state index in [4.69, 9.17) is 0 Å². The Bertz CT molecular complexity index is 588. The van der Waals surface area contributed by atoms with Crippen LogP contribution in [0.25, 0.3) is 5.70 Å². The fourth-order valence-electron chi connectivity index (χ4n) is 2.32. The highest BCUT2D eigenvalue weighted by Gasteiger charge is 2.09. The summed E-state index contributed by atoms with van der Waals surface area (Å²) in [5.41, 5.74) is 5.86. The van der Waals surface area contributed by atoms with E-state index >= 15 is 0 Å². The number of anilines is 2. The van der Waals surface area contributed by atoms with Crippen molar-refractivity contribution in [3.63, 3.8) is 0 Å². The lowest BCUT2D eigenvalue weighted by Crippen LogP contribution is -2.12. The SMILES string of the molecule is C=C(NC)c1ccc(N(C)c2ccccc2)c(CC)c1. The molecule has 104 valence electrons. The molecule has 2 aromatic carbocycles. The van der Waals surface area contributed by atoms with Crippen molar-refractivity contribution in [2.24, 2.45) is 0 Å². The Morgan fingerprint density at radius 3 is 2.45 bits per heavy atom. The largest absolute Gasteiger partial charge is 0.388 e. The van der Waals surface area contributed by atoms with Crippen molar-refractivity contribution in [3.8, 4) is 0 Å². The van der Waals surface area contributed by atoms with Gasteiger partial charge in [-0.05, 0) is 41.8 Å². The molecule has 2 nitrogen and oxygen atoms in total. The van der Waals surface area contributed by atoms with Gasteiger partial charge in [-0.15, -0.1) is 0 Å². The second-order valence-corrected chi connectivity index (χ2v) is 4.82. The summed E-state index contributed by atoms with van der Waals surface area (Å²) in [7, 11) is 4.01. The standard InChI is InChI=1S/C18H22N2/c1-5-15-13-16(14(2)19-3)11-12-18(15)20(4)17-9-7-6-8-10-17/h6-13,19H,2,5H2,1,3-4H3. The van der Waals surface area contributed by atoms with Crippen LogP contribution in [0.3, 0.4) is 0 Å². The molecule has 0 aliphatic heterocycles. The first-order valence-electron chi connectivity index (χ1n) is 6.96. The summed E-state index contributed by atoms with van der Waals surface area (Å²) in [5, 5.41) is 3.10. The lowest BCUT2D eigenvalue weighted by atomic mass is 10.0. The zero-order chi connectivity index (χ0) is 14.5. The highest BCUT2D eigenvalue weighted by Crippen LogP contribution is 2.29. The molecule has 0 saturated heterocycles. The number of rotatable bonds is 5. The van der Waals surface area contributed by atoms with Gasteiger partial charge in [-0.3, -0.25) is 0 Å². The molecular formula is C18H22N2. The van der Waals surface area contributed by atoms with Crippen LogP contribution in [0.1, 0.15) is 18.1 Å². The van der Waals surface area contributed by atoms with Crippen molar-refractivity contribution < 1.29 is 0 Å². The van der Waals surface area contributed by atoms with E-state index in [1.165, 1.54) is 16.9 Å². The quantitative estimate of drug-likeness (QED) is 0.872. The molecule has 0 saturated carbocycles. The Labute approximate surface area is 121 Å². The van der Waals surface area contributed by atoms with E-state index in [9.17, 15) is 0 Å². The molecule has 0 radical (unpaired) electrons. The Morgan fingerprint density at radius 2 is 1.85 bits per heavy atom. The fraction of sp³-hybridized carbons (Fsp3) is 0.222. The molecule has 2 rings (SSSR count). The Hall–Kier alpha value is -2.22. The smallest absolute Gasteiger partial charge is 0.0440 e. The monoisotopic (exact) mass is 266 g/mol. The van der Waals surface area contributed by atoms with Crippen molar-refractivity contribution >= 4 is 17.1 Å². The van der Waals surface area contributed by atoms with E-state index in [1.807, 2.05) is 13.1 Å². The Morgan fingerprint density at radius 1 is 1.15 bits per heavy atom. The maximum Gasteiger partial charge on any atom is 0.0440 e. The molecule has 0 aromatic heterocycles. The van der Waals surface area contributed by atoms with Gasteiger partial charge in [0.2, 0.25) is 0 Å². The van der Waals surface area contributed by atoms with Gasteiger partial charge in [-0.2, -0.15) is 0 Å². The minimum atomic E-state index is 0.952. The number of nitrogens with zero attached hydrogens (tertiary/aromatic N) is 1. The van der Waals surface area contributed by atoms with Crippen molar-refractivity contribution in [2.45, 2.75) is 13.3 Å². The van der Waals surface area contributed by atoms with Crippen molar-refractivity contribution in [1.82, 2.24) is 5.32 Å². The van der Waals surface area contributed by atoms with Crippen LogP contribution in [-0.2, 0) is 6.42 Å². The fourth-order valence-corrected chi connectivity index (χ4v) is 2.32. The summed E-state index contributed by atoms with van der Waals surface area (Å²) in [5.74, 6) is 0. The first-order chi connectivity index (χ1) is 9.67. The van der Waals surface area contributed by atoms with Crippen molar-refractivity contribution in [2.75, 3.05) is 19.0 Å². The van der Waals surface area contributed by atoms with Gasteiger partial charge in [0.15, 0.2) is 0 Å². The molecule has 0 fully saturated rings. The lowest BCUT2D eigenvalue weighted by molar-refractivity contribution is 1.08. The minimum Gasteiger partial charge on any atom is -0.388 e. The van der Waals surface area contributed by atoms with Gasteiger partial charge in [-0.1, -0.05) is 37.8 Å². The third-order valence-corrected chi connectivity index (χ3v) is 3.62. The average Bonchev–Trinajstić information content (AvgIpc) is 2.53. The first-order valence-corrected chi connectivity index (χ1v) is 6.96. The van der Waals surface area contributed by atoms with Crippen LogP contribution in [0.5, 0.6) is 0 Å². The topological polar surface area (TPSA) is 15.3 Å². The molecule has 0 spiro atoms. The summed E-state index contributed by atoms with van der Waals surface area (Å²) < 4.78 is 0. The van der Waals surface area contributed by atoms with Crippen LogP contribution < -0.4 is 10.2 Å². The van der Waals surface area contributed by atoms with Crippen LogP contribution >= 0.6 is 0 Å². The highest BCUT2D eigenvalue weighted by molar-refractivity contribution is 5.70. The molecule has 20 heavy (non-hydrogen) atoms. The maximum absolute atomic E-state index is 4.03. The molecule has 0 aliphatic carbocycles. The van der Waals surface area contributed by atoms with Crippen LogP contribution in [0.15, 0.2) is 55.1 Å². The Kier molecular flexibility index (Phi) is 4.46. The van der Waals surface area contributed by atoms with Crippen LogP contribution in [0.2, 0.25) is 0 Å². The van der Waals surface area contributed by atoms with E-state index in [2.05, 4.69) is 73.2 Å². The summed E-state index contributed by atoms with van der Waals surface area (Å²) in [6, 6.07) is 16.9. The molecule has 0 heterocycles. The van der Waals surface area contributed by atoms with Crippen molar-refractivity contribution in [1.29, 1.82) is 0 Å². The number of benzene rings is 2. The second-order valence-electron chi connectivity index (χ2n) is 4.82. The zero-order valence-corrected chi connectivity index (χ0v) is 12.5. The van der Waals surface area contributed by atoms with Crippen LogP contribution in [0, 0.1) is 0 Å². The average molecular weight is 266 g/mol. The Balaban J connectivity index is 2.39. The second kappa shape index (κ2) is 6.29. The van der Waals surface area contributed by atoms with E-state index in [0.29, 0.717) is 0 Å². The summed E-state index contributed by atoms with van der Waals surface area (Å²) >= 11 is 0. The van der Waals surface area contributed by atoms with Gasteiger partial charge >= 0.3 is 0 Å². The maximum atomic E-state index is 4.03. The molecule has 1 N–H and O–H groups in total. The molecule has 0 bridgehead atoms. The van der Waals surface area contributed by atoms with E-state index in [1.54, 1.807) is 0 Å². The van der Waals surface area contributed by atoms with Crippen LogP contribution in [-0.4, -0.2) is 14.1 Å². The first kappa shape index (κ1) is 14.2. The number of para-hydroxylation sites is 1. The predicted octanol–water partition coefficient (Wildman–Crippen LogP) is 4.21. The van der Waals surface area contributed by atoms with Crippen molar-refractivity contribution in [3.05, 3.63) is 66.2 Å². The molecule has 0 unspecified atom stereocenters. The molecular weight excluding hydrogens is 244 g/mol. The summed E-state index contributed by atoms with van der Waals surface area (Å²) in [6.45, 7) is 6.21. The number of aryl methyl sites for hydroxylation is 1.